The van der Waals surface area contributed by atoms with E-state index in [4.69, 9.17) is 23.4 Å². The third-order valence-electron chi connectivity index (χ3n) is 8.09. The number of methoxy groups -OCH3 is 1. The van der Waals surface area contributed by atoms with Crippen LogP contribution in [0.25, 0.3) is 11.0 Å². The van der Waals surface area contributed by atoms with E-state index in [0.29, 0.717) is 23.4 Å². The lowest BCUT2D eigenvalue weighted by molar-refractivity contribution is -0.305. The number of H-pyrrole nitrogens is 1. The van der Waals surface area contributed by atoms with Crippen molar-refractivity contribution in [1.29, 1.82) is 0 Å². The Morgan fingerprint density at radius 2 is 2.00 bits per heavy atom. The number of ether oxygens (including phenoxy) is 4. The molecule has 3 N–H and O–H groups in total. The van der Waals surface area contributed by atoms with Gasteiger partial charge in [-0.1, -0.05) is 0 Å². The molecule has 4 heterocycles. The minimum atomic E-state index is -1.40. The highest BCUT2D eigenvalue weighted by molar-refractivity contribution is 5.87. The maximum absolute atomic E-state index is 12.9. The van der Waals surface area contributed by atoms with Gasteiger partial charge in [-0.2, -0.15) is 0 Å². The molecule has 0 aliphatic carbocycles. The van der Waals surface area contributed by atoms with E-state index < -0.39 is 41.8 Å². The van der Waals surface area contributed by atoms with Gasteiger partial charge in [-0.15, -0.1) is 0 Å². The van der Waals surface area contributed by atoms with E-state index in [9.17, 15) is 19.8 Å². The second-order valence-corrected chi connectivity index (χ2v) is 11.4. The quantitative estimate of drug-likeness (QED) is 0.273. The summed E-state index contributed by atoms with van der Waals surface area (Å²) in [5.41, 5.74) is 1.28. The van der Waals surface area contributed by atoms with Crippen LogP contribution in [0.1, 0.15) is 54.0 Å². The van der Waals surface area contributed by atoms with Crippen molar-refractivity contribution >= 4 is 16.9 Å². The Balaban J connectivity index is 1.42. The van der Waals surface area contributed by atoms with Crippen LogP contribution in [-0.2, 0) is 20.8 Å². The number of carbonyl (C=O) groups excluding carboxylic acids is 1. The van der Waals surface area contributed by atoms with E-state index in [-0.39, 0.29) is 18.3 Å². The molecule has 222 valence electrons. The van der Waals surface area contributed by atoms with E-state index >= 15 is 0 Å². The standard InChI is InChI=1S/C30H38N2O9/c1-16-8-10-21(31-16)28(36)40-26-24(35)29(41-30(3,4)27(26)37-5)38-22-11-9-20-18(13-23(34)39-25(20)17(22)2)14-32-12-6-7-19(32)15-33/h8-11,13,19,24,26-27,29,31,33,35H,6-7,12,14-15H2,1-5H3/t19-,24+,26-,27+,29+/m0/s1. The fourth-order valence-corrected chi connectivity index (χ4v) is 5.94. The van der Waals surface area contributed by atoms with Crippen LogP contribution in [0, 0.1) is 13.8 Å². The molecule has 2 saturated heterocycles. The first-order valence-corrected chi connectivity index (χ1v) is 13.9. The number of aromatic nitrogens is 1. The van der Waals surface area contributed by atoms with Crippen molar-refractivity contribution in [3.63, 3.8) is 0 Å². The largest absolute Gasteiger partial charge is 0.462 e. The summed E-state index contributed by atoms with van der Waals surface area (Å²) in [6.45, 7) is 8.54. The molecule has 5 atom stereocenters. The number of nitrogens with zero attached hydrogens (tertiary/aromatic N) is 1. The van der Waals surface area contributed by atoms with Gasteiger partial charge < -0.3 is 38.6 Å². The van der Waals surface area contributed by atoms with E-state index in [2.05, 4.69) is 9.88 Å². The van der Waals surface area contributed by atoms with Gasteiger partial charge in [0.2, 0.25) is 6.29 Å². The lowest BCUT2D eigenvalue weighted by Crippen LogP contribution is -2.65. The molecule has 0 unspecified atom stereocenters. The van der Waals surface area contributed by atoms with Crippen molar-refractivity contribution in [2.75, 3.05) is 20.3 Å². The summed E-state index contributed by atoms with van der Waals surface area (Å²) >= 11 is 0. The monoisotopic (exact) mass is 570 g/mol. The topological polar surface area (TPSA) is 144 Å². The Morgan fingerprint density at radius 1 is 1.22 bits per heavy atom. The van der Waals surface area contributed by atoms with Crippen molar-refractivity contribution < 1.29 is 38.4 Å². The summed E-state index contributed by atoms with van der Waals surface area (Å²) in [7, 11) is 1.46. The molecule has 2 aliphatic rings. The highest BCUT2D eigenvalue weighted by atomic mass is 16.7. The van der Waals surface area contributed by atoms with Gasteiger partial charge in [0.15, 0.2) is 12.2 Å². The van der Waals surface area contributed by atoms with Gasteiger partial charge >= 0.3 is 11.6 Å². The van der Waals surface area contributed by atoms with E-state index in [1.807, 2.05) is 13.0 Å². The number of hydrogen-bond acceptors (Lipinski definition) is 10. The fourth-order valence-electron chi connectivity index (χ4n) is 5.94. The number of fused-ring (bicyclic) bond motifs is 1. The Morgan fingerprint density at radius 3 is 2.68 bits per heavy atom. The molecular formula is C30H38N2O9. The van der Waals surface area contributed by atoms with Gasteiger partial charge in [0.1, 0.15) is 23.1 Å². The maximum Gasteiger partial charge on any atom is 0.355 e. The molecule has 1 aromatic carbocycles. The van der Waals surface area contributed by atoms with Crippen molar-refractivity contribution in [3.8, 4) is 5.75 Å². The summed E-state index contributed by atoms with van der Waals surface area (Å²) in [6.07, 6.45) is -2.60. The number of likely N-dealkylation sites (tertiary alicyclic amines) is 1. The summed E-state index contributed by atoms with van der Waals surface area (Å²) in [5, 5.41) is 21.8. The molecule has 3 aromatic rings. The van der Waals surface area contributed by atoms with E-state index in [1.54, 1.807) is 39.0 Å². The third kappa shape index (κ3) is 5.77. The van der Waals surface area contributed by atoms with Crippen molar-refractivity contribution in [3.05, 3.63) is 63.3 Å². The number of aliphatic hydroxyl groups is 2. The predicted molar refractivity (Wildman–Crippen MR) is 149 cm³/mol. The average molecular weight is 571 g/mol. The smallest absolute Gasteiger partial charge is 0.355 e. The van der Waals surface area contributed by atoms with Crippen molar-refractivity contribution in [2.45, 2.75) is 83.3 Å². The molecule has 11 heteroatoms. The predicted octanol–water partition coefficient (Wildman–Crippen LogP) is 2.81. The second kappa shape index (κ2) is 11.6. The van der Waals surface area contributed by atoms with Crippen molar-refractivity contribution in [1.82, 2.24) is 9.88 Å². The number of aromatic amines is 1. The first-order chi connectivity index (χ1) is 19.5. The molecule has 2 aliphatic heterocycles. The maximum atomic E-state index is 12.9. The average Bonchev–Trinajstić information content (AvgIpc) is 3.57. The highest BCUT2D eigenvalue weighted by Crippen LogP contribution is 2.37. The minimum Gasteiger partial charge on any atom is -0.462 e. The highest BCUT2D eigenvalue weighted by Gasteiger charge is 2.53. The van der Waals surface area contributed by atoms with Gasteiger partial charge in [-0.25, -0.2) is 9.59 Å². The van der Waals surface area contributed by atoms with Crippen molar-refractivity contribution in [2.24, 2.45) is 0 Å². The van der Waals surface area contributed by atoms with Crippen LogP contribution in [-0.4, -0.2) is 82.6 Å². The van der Waals surface area contributed by atoms with Gasteiger partial charge in [-0.05, 0) is 76.9 Å². The number of carbonyl (C=O) groups is 1. The molecule has 0 spiro atoms. The number of aryl methyl sites for hydroxylation is 2. The first kappa shape index (κ1) is 29.3. The summed E-state index contributed by atoms with van der Waals surface area (Å²) in [5.74, 6) is -0.300. The summed E-state index contributed by atoms with van der Waals surface area (Å²) < 4.78 is 29.2. The number of hydrogen-bond donors (Lipinski definition) is 3. The minimum absolute atomic E-state index is 0.0632. The number of rotatable bonds is 8. The zero-order valence-corrected chi connectivity index (χ0v) is 24.0. The number of nitrogens with one attached hydrogen (secondary N) is 1. The van der Waals surface area contributed by atoms with E-state index in [1.165, 1.54) is 13.2 Å². The lowest BCUT2D eigenvalue weighted by atomic mass is 9.89. The Hall–Kier alpha value is -3.22. The molecule has 0 bridgehead atoms. The molecule has 0 saturated carbocycles. The zero-order valence-electron chi connectivity index (χ0n) is 24.0. The van der Waals surface area contributed by atoms with Gasteiger partial charge in [0, 0.05) is 42.4 Å². The van der Waals surface area contributed by atoms with Crippen LogP contribution >= 0.6 is 0 Å². The second-order valence-electron chi connectivity index (χ2n) is 11.4. The van der Waals surface area contributed by atoms with Crippen LogP contribution in [0.5, 0.6) is 5.75 Å². The van der Waals surface area contributed by atoms with Gasteiger partial charge in [0.25, 0.3) is 0 Å². The van der Waals surface area contributed by atoms with Crippen LogP contribution in [0.2, 0.25) is 0 Å². The lowest BCUT2D eigenvalue weighted by Gasteiger charge is -2.47. The molecule has 2 aromatic heterocycles. The fraction of sp³-hybridized carbons (Fsp3) is 0.533. The summed E-state index contributed by atoms with van der Waals surface area (Å²) in [6, 6.07) is 8.46. The number of benzene rings is 1. The van der Waals surface area contributed by atoms with Crippen LogP contribution in [0.3, 0.4) is 0 Å². The SMILES string of the molecule is CO[C@@H]1[C@@H](OC(=O)c2ccc(C)[nH]2)[C@@H](O)[C@H](Oc2ccc3c(CN4CCC[C@H]4CO)cc(=O)oc3c2C)OC1(C)C. The number of esters is 1. The molecule has 2 fully saturated rings. The Kier molecular flexibility index (Phi) is 8.27. The van der Waals surface area contributed by atoms with Crippen LogP contribution in [0.4, 0.5) is 0 Å². The molecule has 0 amide bonds. The molecule has 5 rings (SSSR count). The molecule has 0 radical (unpaired) electrons. The Bertz CT molecular complexity index is 1460. The van der Waals surface area contributed by atoms with Crippen LogP contribution < -0.4 is 10.4 Å². The number of aliphatic hydroxyl groups excluding tert-OH is 2. The summed E-state index contributed by atoms with van der Waals surface area (Å²) in [4.78, 5) is 30.5. The first-order valence-electron chi connectivity index (χ1n) is 13.9. The van der Waals surface area contributed by atoms with Gasteiger partial charge in [-0.3, -0.25) is 4.90 Å². The Labute approximate surface area is 238 Å². The van der Waals surface area contributed by atoms with Gasteiger partial charge in [0.05, 0.1) is 12.2 Å². The molecule has 11 nitrogen and oxygen atoms in total. The third-order valence-corrected chi connectivity index (χ3v) is 8.09. The molecule has 41 heavy (non-hydrogen) atoms. The van der Waals surface area contributed by atoms with E-state index in [0.717, 1.165) is 36.0 Å². The molecular weight excluding hydrogens is 532 g/mol. The van der Waals surface area contributed by atoms with Crippen LogP contribution in [0.15, 0.2) is 39.5 Å². The zero-order chi connectivity index (χ0) is 29.5. The normalized spacial score (nSPS) is 26.4.